The van der Waals surface area contributed by atoms with Gasteiger partial charge in [-0.05, 0) is 12.5 Å². The number of aromatic nitrogens is 2. The summed E-state index contributed by atoms with van der Waals surface area (Å²) in [6.45, 7) is 7.49. The van der Waals surface area contributed by atoms with Crippen LogP contribution in [-0.4, -0.2) is 45.6 Å². The lowest BCUT2D eigenvalue weighted by Crippen LogP contribution is -2.46. The molecule has 0 saturated carbocycles. The average molecular weight is 315 g/mol. The predicted octanol–water partition coefficient (Wildman–Crippen LogP) is 2.13. The van der Waals surface area contributed by atoms with E-state index in [4.69, 9.17) is 0 Å². The second kappa shape index (κ2) is 6.78. The molecule has 0 aliphatic carbocycles. The van der Waals surface area contributed by atoms with Gasteiger partial charge in [0.25, 0.3) is 5.69 Å². The first-order chi connectivity index (χ1) is 11.2. The van der Waals surface area contributed by atoms with Crippen molar-refractivity contribution in [3.8, 4) is 0 Å². The maximum Gasteiger partial charge on any atom is 0.269 e. The van der Waals surface area contributed by atoms with E-state index in [9.17, 15) is 10.1 Å². The third-order valence-electron chi connectivity index (χ3n) is 4.22. The van der Waals surface area contributed by atoms with Gasteiger partial charge in [0.2, 0.25) is 5.95 Å². The lowest BCUT2D eigenvalue weighted by atomic mass is 10.2. The summed E-state index contributed by atoms with van der Waals surface area (Å²) in [5, 5.41) is 10.9. The zero-order chi connectivity index (χ0) is 16.2. The molecule has 1 saturated heterocycles. The fourth-order valence-electron chi connectivity index (χ4n) is 2.96. The zero-order valence-electron chi connectivity index (χ0n) is 13.3. The zero-order valence-corrected chi connectivity index (χ0v) is 13.3. The van der Waals surface area contributed by atoms with E-state index in [-0.39, 0.29) is 10.6 Å². The quantitative estimate of drug-likeness (QED) is 0.624. The number of non-ortho nitro benzene ring substituents is 1. The smallest absolute Gasteiger partial charge is 0.269 e. The number of rotatable bonds is 5. The molecular weight excluding hydrogens is 294 g/mol. The third-order valence-corrected chi connectivity index (χ3v) is 4.22. The topological polar surface area (TPSA) is 67.4 Å². The molecule has 0 unspecified atom stereocenters. The Kier molecular flexibility index (Phi) is 4.57. The minimum absolute atomic E-state index is 0.158. The molecule has 0 bridgehead atoms. The Hall–Kier alpha value is -2.41. The van der Waals surface area contributed by atoms with Crippen LogP contribution in [0.2, 0.25) is 0 Å². The number of hydrogen-bond acceptors (Lipinski definition) is 5. The van der Waals surface area contributed by atoms with Crippen molar-refractivity contribution in [3.05, 3.63) is 52.3 Å². The van der Waals surface area contributed by atoms with Crippen molar-refractivity contribution in [2.24, 2.45) is 0 Å². The van der Waals surface area contributed by atoms with Crippen molar-refractivity contribution < 1.29 is 4.92 Å². The van der Waals surface area contributed by atoms with Gasteiger partial charge in [-0.15, -0.1) is 0 Å². The van der Waals surface area contributed by atoms with Gasteiger partial charge >= 0.3 is 0 Å². The number of benzene rings is 1. The first-order valence-corrected chi connectivity index (χ1v) is 7.89. The van der Waals surface area contributed by atoms with E-state index < -0.39 is 0 Å². The van der Waals surface area contributed by atoms with Crippen molar-refractivity contribution in [2.45, 2.75) is 20.0 Å². The molecule has 0 amide bonds. The molecule has 7 nitrogen and oxygen atoms in total. The van der Waals surface area contributed by atoms with Crippen LogP contribution in [0.3, 0.4) is 0 Å². The third kappa shape index (κ3) is 3.50. The van der Waals surface area contributed by atoms with Crippen molar-refractivity contribution in [2.75, 3.05) is 31.1 Å². The van der Waals surface area contributed by atoms with Gasteiger partial charge in [0.1, 0.15) is 0 Å². The number of nitro benzene ring substituents is 1. The van der Waals surface area contributed by atoms with Crippen LogP contribution in [0, 0.1) is 10.1 Å². The summed E-state index contributed by atoms with van der Waals surface area (Å²) >= 11 is 0. The highest BCUT2D eigenvalue weighted by Crippen LogP contribution is 2.18. The van der Waals surface area contributed by atoms with E-state index in [0.717, 1.165) is 50.8 Å². The fraction of sp³-hybridized carbons (Fsp3) is 0.438. The molecule has 0 atom stereocenters. The van der Waals surface area contributed by atoms with Gasteiger partial charge in [0.05, 0.1) is 4.92 Å². The molecule has 3 rings (SSSR count). The molecule has 2 heterocycles. The summed E-state index contributed by atoms with van der Waals surface area (Å²) < 4.78 is 2.15. The molecule has 1 aliphatic rings. The number of aryl methyl sites for hydroxylation is 1. The van der Waals surface area contributed by atoms with Crippen LogP contribution in [0.1, 0.15) is 12.5 Å². The normalized spacial score (nSPS) is 15.8. The maximum atomic E-state index is 10.9. The van der Waals surface area contributed by atoms with Crippen LogP contribution in [-0.2, 0) is 13.1 Å². The molecule has 2 aromatic rings. The molecule has 1 fully saturated rings. The lowest BCUT2D eigenvalue weighted by Gasteiger charge is -2.35. The summed E-state index contributed by atoms with van der Waals surface area (Å²) in [6.07, 6.45) is 3.85. The number of hydrogen-bond donors (Lipinski definition) is 0. The van der Waals surface area contributed by atoms with Gasteiger partial charge in [-0.3, -0.25) is 15.0 Å². The van der Waals surface area contributed by atoms with E-state index in [1.807, 2.05) is 18.5 Å². The second-order valence-corrected chi connectivity index (χ2v) is 5.70. The standard InChI is InChI=1S/C16H21N5O2/c1-2-19-7-6-17-16(19)20-10-8-18(9-11-20)13-14-4-3-5-15(12-14)21(22)23/h3-7,12H,2,8-11,13H2,1H3. The van der Waals surface area contributed by atoms with Crippen LogP contribution >= 0.6 is 0 Å². The monoisotopic (exact) mass is 315 g/mol. The SMILES string of the molecule is CCn1ccnc1N1CCN(Cc2cccc([N+](=O)[O-])c2)CC1. The number of piperazine rings is 1. The maximum absolute atomic E-state index is 10.9. The van der Waals surface area contributed by atoms with Gasteiger partial charge in [-0.25, -0.2) is 4.98 Å². The van der Waals surface area contributed by atoms with Gasteiger partial charge in [0.15, 0.2) is 0 Å². The number of anilines is 1. The highest BCUT2D eigenvalue weighted by Gasteiger charge is 2.20. The second-order valence-electron chi connectivity index (χ2n) is 5.70. The Morgan fingerprint density at radius 1 is 1.26 bits per heavy atom. The van der Waals surface area contributed by atoms with Crippen LogP contribution < -0.4 is 4.90 Å². The van der Waals surface area contributed by atoms with Crippen molar-refractivity contribution in [3.63, 3.8) is 0 Å². The predicted molar refractivity (Wildman–Crippen MR) is 88.5 cm³/mol. The molecule has 1 aromatic carbocycles. The van der Waals surface area contributed by atoms with Crippen LogP contribution in [0.4, 0.5) is 11.6 Å². The molecule has 7 heteroatoms. The molecule has 0 N–H and O–H groups in total. The summed E-state index contributed by atoms with van der Waals surface area (Å²) in [5.74, 6) is 1.03. The van der Waals surface area contributed by atoms with E-state index >= 15 is 0 Å². The average Bonchev–Trinajstić information content (AvgIpc) is 3.04. The Bertz CT molecular complexity index is 677. The summed E-state index contributed by atoms with van der Waals surface area (Å²) in [5.41, 5.74) is 1.15. The largest absolute Gasteiger partial charge is 0.340 e. The van der Waals surface area contributed by atoms with Gasteiger partial charge in [0, 0.05) is 63.8 Å². The Balaban J connectivity index is 1.59. The number of nitro groups is 1. The van der Waals surface area contributed by atoms with Gasteiger partial charge < -0.3 is 9.47 Å². The minimum Gasteiger partial charge on any atom is -0.340 e. The van der Waals surface area contributed by atoms with Crippen molar-refractivity contribution >= 4 is 11.6 Å². The summed E-state index contributed by atoms with van der Waals surface area (Å²) in [7, 11) is 0. The molecule has 23 heavy (non-hydrogen) atoms. The minimum atomic E-state index is -0.341. The molecule has 122 valence electrons. The first kappa shape index (κ1) is 15.5. The Labute approximate surface area is 135 Å². The van der Waals surface area contributed by atoms with Crippen LogP contribution in [0.25, 0.3) is 0 Å². The van der Waals surface area contributed by atoms with Gasteiger partial charge in [-0.1, -0.05) is 12.1 Å². The summed E-state index contributed by atoms with van der Waals surface area (Å²) in [6, 6.07) is 6.90. The molecule has 0 radical (unpaired) electrons. The lowest BCUT2D eigenvalue weighted by molar-refractivity contribution is -0.384. The molecular formula is C16H21N5O2. The highest BCUT2D eigenvalue weighted by atomic mass is 16.6. The number of nitrogens with zero attached hydrogens (tertiary/aromatic N) is 5. The van der Waals surface area contributed by atoms with E-state index in [0.29, 0.717) is 0 Å². The van der Waals surface area contributed by atoms with E-state index in [1.54, 1.807) is 12.1 Å². The first-order valence-electron chi connectivity index (χ1n) is 7.89. The van der Waals surface area contributed by atoms with E-state index in [1.165, 1.54) is 6.07 Å². The Morgan fingerprint density at radius 3 is 2.74 bits per heavy atom. The highest BCUT2D eigenvalue weighted by molar-refractivity contribution is 5.35. The van der Waals surface area contributed by atoms with E-state index in [2.05, 4.69) is 26.3 Å². The van der Waals surface area contributed by atoms with Crippen LogP contribution in [0.5, 0.6) is 0 Å². The van der Waals surface area contributed by atoms with Crippen molar-refractivity contribution in [1.29, 1.82) is 0 Å². The summed E-state index contributed by atoms with van der Waals surface area (Å²) in [4.78, 5) is 19.6. The molecule has 1 aliphatic heterocycles. The fourth-order valence-corrected chi connectivity index (χ4v) is 2.96. The van der Waals surface area contributed by atoms with Crippen LogP contribution in [0.15, 0.2) is 36.7 Å². The van der Waals surface area contributed by atoms with Crippen molar-refractivity contribution in [1.82, 2.24) is 14.5 Å². The van der Waals surface area contributed by atoms with Gasteiger partial charge in [-0.2, -0.15) is 0 Å². The molecule has 1 aromatic heterocycles. The molecule has 0 spiro atoms. The Morgan fingerprint density at radius 2 is 2.04 bits per heavy atom. The number of imidazole rings is 1.